The van der Waals surface area contributed by atoms with Crippen LogP contribution in [0.4, 0.5) is 0 Å². The molecule has 0 aliphatic carbocycles. The number of aromatic nitrogens is 2. The summed E-state index contributed by atoms with van der Waals surface area (Å²) in [6, 6.07) is 25.8. The fourth-order valence-electron chi connectivity index (χ4n) is 4.81. The van der Waals surface area contributed by atoms with Crippen LogP contribution >= 0.6 is 11.8 Å². The van der Waals surface area contributed by atoms with Crippen molar-refractivity contribution in [3.05, 3.63) is 84.4 Å². The summed E-state index contributed by atoms with van der Waals surface area (Å²) in [6.07, 6.45) is 1.52. The summed E-state index contributed by atoms with van der Waals surface area (Å²) >= 11 is 1.42. The Labute approximate surface area is 215 Å². The first kappa shape index (κ1) is 24.1. The van der Waals surface area contributed by atoms with Gasteiger partial charge in [-0.05, 0) is 54.7 Å². The number of aryl methyl sites for hydroxylation is 1. The molecular weight excluding hydrogens is 468 g/mol. The van der Waals surface area contributed by atoms with Gasteiger partial charge in [0.05, 0.1) is 22.8 Å². The molecule has 1 N–H and O–H groups in total. The first-order chi connectivity index (χ1) is 17.5. The fraction of sp³-hybridized carbons (Fsp3) is 0.276. The average molecular weight is 499 g/mol. The summed E-state index contributed by atoms with van der Waals surface area (Å²) in [6.45, 7) is 2.60. The van der Waals surface area contributed by atoms with Crippen LogP contribution in [-0.2, 0) is 16.6 Å². The number of carbonyl (C=O) groups is 2. The van der Waals surface area contributed by atoms with E-state index in [0.717, 1.165) is 39.3 Å². The van der Waals surface area contributed by atoms with Crippen LogP contribution in [0.3, 0.4) is 0 Å². The van der Waals surface area contributed by atoms with Crippen molar-refractivity contribution >= 4 is 34.6 Å². The second-order valence-electron chi connectivity index (χ2n) is 9.20. The van der Waals surface area contributed by atoms with Crippen molar-refractivity contribution in [2.24, 2.45) is 7.05 Å². The topological polar surface area (TPSA) is 67.2 Å². The zero-order valence-corrected chi connectivity index (χ0v) is 21.4. The van der Waals surface area contributed by atoms with Crippen LogP contribution in [0, 0.1) is 0 Å². The van der Waals surface area contributed by atoms with Crippen molar-refractivity contribution in [2.75, 3.05) is 12.3 Å². The minimum atomic E-state index is -0.432. The zero-order valence-electron chi connectivity index (χ0n) is 20.6. The molecule has 5 rings (SSSR count). The molecule has 1 fully saturated rings. The monoisotopic (exact) mass is 498 g/mol. The molecule has 3 aromatic carbocycles. The Balaban J connectivity index is 1.22. The summed E-state index contributed by atoms with van der Waals surface area (Å²) in [5.41, 5.74) is 5.25. The fourth-order valence-corrected chi connectivity index (χ4v) is 5.68. The Hall–Kier alpha value is -3.58. The van der Waals surface area contributed by atoms with Crippen LogP contribution in [0.5, 0.6) is 0 Å². The molecule has 1 aromatic heterocycles. The van der Waals surface area contributed by atoms with Gasteiger partial charge in [0.1, 0.15) is 6.04 Å². The number of nitrogens with zero attached hydrogens (tertiary/aromatic N) is 3. The maximum atomic E-state index is 13.2. The molecule has 2 amide bonds. The number of benzene rings is 3. The van der Waals surface area contributed by atoms with E-state index in [2.05, 4.69) is 34.6 Å². The highest BCUT2D eigenvalue weighted by atomic mass is 32.2. The minimum Gasteiger partial charge on any atom is -0.348 e. The number of nitrogens with one attached hydrogen (secondary N) is 1. The molecule has 0 bridgehead atoms. The van der Waals surface area contributed by atoms with Gasteiger partial charge in [-0.3, -0.25) is 9.59 Å². The van der Waals surface area contributed by atoms with E-state index in [0.29, 0.717) is 13.0 Å². The van der Waals surface area contributed by atoms with Gasteiger partial charge in [0, 0.05) is 13.6 Å². The van der Waals surface area contributed by atoms with Crippen LogP contribution in [0.15, 0.2) is 84.0 Å². The number of hydrogen-bond donors (Lipinski definition) is 1. The van der Waals surface area contributed by atoms with Crippen LogP contribution in [-0.4, -0.2) is 44.6 Å². The SMILES string of the molecule is CC(NC(=O)[C@@H]1CCCN1C(=O)CSc1nc2ccccc2n1C)c1cccc(-c2ccccc2)c1. The van der Waals surface area contributed by atoms with Gasteiger partial charge in [0.25, 0.3) is 0 Å². The first-order valence-electron chi connectivity index (χ1n) is 12.3. The molecule has 2 atom stereocenters. The molecule has 184 valence electrons. The minimum absolute atomic E-state index is 0.0246. The molecule has 0 saturated carbocycles. The Kier molecular flexibility index (Phi) is 7.09. The summed E-state index contributed by atoms with van der Waals surface area (Å²) in [5, 5.41) is 3.95. The van der Waals surface area contributed by atoms with Crippen LogP contribution in [0.25, 0.3) is 22.2 Å². The lowest BCUT2D eigenvalue weighted by molar-refractivity contribution is -0.136. The molecule has 0 radical (unpaired) electrons. The normalized spacial score (nSPS) is 16.3. The van der Waals surface area contributed by atoms with Gasteiger partial charge in [-0.2, -0.15) is 0 Å². The molecule has 1 aliphatic heterocycles. The van der Waals surface area contributed by atoms with Crippen molar-refractivity contribution in [3.63, 3.8) is 0 Å². The second kappa shape index (κ2) is 10.6. The molecule has 1 aliphatic rings. The van der Waals surface area contributed by atoms with E-state index < -0.39 is 6.04 Å². The van der Waals surface area contributed by atoms with E-state index in [1.54, 1.807) is 4.90 Å². The van der Waals surface area contributed by atoms with Crippen LogP contribution in [0.1, 0.15) is 31.4 Å². The predicted octanol–water partition coefficient (Wildman–Crippen LogP) is 5.20. The number of carbonyl (C=O) groups excluding carboxylic acids is 2. The molecule has 1 saturated heterocycles. The molecule has 2 heterocycles. The van der Waals surface area contributed by atoms with E-state index in [1.165, 1.54) is 11.8 Å². The molecular formula is C29H30N4O2S. The number of thioether (sulfide) groups is 1. The number of rotatable bonds is 7. The van der Waals surface area contributed by atoms with Gasteiger partial charge in [-0.25, -0.2) is 4.98 Å². The first-order valence-corrected chi connectivity index (χ1v) is 13.3. The lowest BCUT2D eigenvalue weighted by atomic mass is 10.00. The van der Waals surface area contributed by atoms with E-state index in [-0.39, 0.29) is 23.6 Å². The maximum absolute atomic E-state index is 13.2. The molecule has 7 heteroatoms. The molecule has 1 unspecified atom stereocenters. The summed E-state index contributed by atoms with van der Waals surface area (Å²) in [4.78, 5) is 32.7. The van der Waals surface area contributed by atoms with Gasteiger partial charge >= 0.3 is 0 Å². The molecule has 4 aromatic rings. The van der Waals surface area contributed by atoms with Gasteiger partial charge < -0.3 is 14.8 Å². The Morgan fingerprint density at radius 2 is 1.78 bits per heavy atom. The van der Waals surface area contributed by atoms with E-state index in [4.69, 9.17) is 0 Å². The maximum Gasteiger partial charge on any atom is 0.243 e. The highest BCUT2D eigenvalue weighted by Gasteiger charge is 2.34. The van der Waals surface area contributed by atoms with E-state index in [9.17, 15) is 9.59 Å². The van der Waals surface area contributed by atoms with Gasteiger partial charge in [0.15, 0.2) is 5.16 Å². The van der Waals surface area contributed by atoms with Crippen molar-refractivity contribution in [3.8, 4) is 11.1 Å². The number of amides is 2. The number of hydrogen-bond acceptors (Lipinski definition) is 4. The molecule has 36 heavy (non-hydrogen) atoms. The summed E-state index contributed by atoms with van der Waals surface area (Å²) < 4.78 is 2.01. The largest absolute Gasteiger partial charge is 0.348 e. The van der Waals surface area contributed by atoms with Crippen molar-refractivity contribution < 1.29 is 9.59 Å². The third kappa shape index (κ3) is 5.02. The van der Waals surface area contributed by atoms with E-state index >= 15 is 0 Å². The Morgan fingerprint density at radius 1 is 1.03 bits per heavy atom. The second-order valence-corrected chi connectivity index (χ2v) is 10.1. The number of fused-ring (bicyclic) bond motifs is 1. The van der Waals surface area contributed by atoms with Gasteiger partial charge in [0.2, 0.25) is 11.8 Å². The lowest BCUT2D eigenvalue weighted by Gasteiger charge is -2.25. The standard InChI is InChI=1S/C29H30N4O2S/c1-20(22-12-8-13-23(18-22)21-10-4-3-5-11-21)30-28(35)26-16-9-17-33(26)27(34)19-36-29-31-24-14-6-7-15-25(24)32(29)2/h3-8,10-15,18,20,26H,9,16-17,19H2,1-2H3,(H,30,35)/t20?,26-/m0/s1. The highest BCUT2D eigenvalue weighted by molar-refractivity contribution is 7.99. The quantitative estimate of drug-likeness (QED) is 0.356. The Bertz CT molecular complexity index is 1380. The van der Waals surface area contributed by atoms with Crippen molar-refractivity contribution in [1.29, 1.82) is 0 Å². The van der Waals surface area contributed by atoms with Crippen LogP contribution in [0.2, 0.25) is 0 Å². The Morgan fingerprint density at radius 3 is 2.58 bits per heavy atom. The summed E-state index contributed by atoms with van der Waals surface area (Å²) in [7, 11) is 1.96. The van der Waals surface area contributed by atoms with Gasteiger partial charge in [-0.15, -0.1) is 0 Å². The number of likely N-dealkylation sites (tertiary alicyclic amines) is 1. The summed E-state index contributed by atoms with van der Waals surface area (Å²) in [5.74, 6) is 0.143. The number of para-hydroxylation sites is 2. The van der Waals surface area contributed by atoms with Gasteiger partial charge in [-0.1, -0.05) is 72.4 Å². The third-order valence-electron chi connectivity index (χ3n) is 6.80. The van der Waals surface area contributed by atoms with Crippen LogP contribution < -0.4 is 5.32 Å². The zero-order chi connectivity index (χ0) is 25.1. The number of imidazole rings is 1. The third-order valence-corrected chi connectivity index (χ3v) is 7.81. The molecule has 0 spiro atoms. The van der Waals surface area contributed by atoms with Crippen molar-refractivity contribution in [2.45, 2.75) is 37.0 Å². The molecule has 6 nitrogen and oxygen atoms in total. The highest BCUT2D eigenvalue weighted by Crippen LogP contribution is 2.26. The van der Waals surface area contributed by atoms with Crippen molar-refractivity contribution in [1.82, 2.24) is 19.8 Å². The average Bonchev–Trinajstić information content (AvgIpc) is 3.53. The van der Waals surface area contributed by atoms with E-state index in [1.807, 2.05) is 73.1 Å². The lowest BCUT2D eigenvalue weighted by Crippen LogP contribution is -2.47. The predicted molar refractivity (Wildman–Crippen MR) is 145 cm³/mol. The smallest absolute Gasteiger partial charge is 0.243 e.